The van der Waals surface area contributed by atoms with Gasteiger partial charge in [0.2, 0.25) is 11.8 Å². The van der Waals surface area contributed by atoms with Gasteiger partial charge in [-0.2, -0.15) is 0 Å². The molecule has 9 heavy (non-hydrogen) atoms. The standard InChI is InChI=1S/C5H8N2O2/c1-8-4-3-5(9-2)7-6-4/h3H,1-2H3,(H,6,7). The lowest BCUT2D eigenvalue weighted by Crippen LogP contribution is -1.80. The lowest BCUT2D eigenvalue weighted by molar-refractivity contribution is 0.395. The number of nitrogens with zero attached hydrogens (tertiary/aromatic N) is 1. The molecule has 0 aromatic carbocycles. The predicted octanol–water partition coefficient (Wildman–Crippen LogP) is 0.427. The third-order valence-corrected chi connectivity index (χ3v) is 0.960. The molecule has 0 fully saturated rings. The van der Waals surface area contributed by atoms with Crippen molar-refractivity contribution in [2.75, 3.05) is 14.2 Å². The zero-order chi connectivity index (χ0) is 6.69. The predicted molar refractivity (Wildman–Crippen MR) is 31.7 cm³/mol. The molecular weight excluding hydrogens is 120 g/mol. The maximum absolute atomic E-state index is 4.80. The highest BCUT2D eigenvalue weighted by Gasteiger charge is 1.96. The van der Waals surface area contributed by atoms with Crippen LogP contribution in [0.15, 0.2) is 6.07 Å². The van der Waals surface area contributed by atoms with Gasteiger partial charge in [-0.15, -0.1) is 5.10 Å². The van der Waals surface area contributed by atoms with Crippen LogP contribution in [-0.2, 0) is 0 Å². The lowest BCUT2D eigenvalue weighted by Gasteiger charge is -1.87. The fourth-order valence-electron chi connectivity index (χ4n) is 0.496. The molecular formula is C5H8N2O2. The number of rotatable bonds is 2. The maximum Gasteiger partial charge on any atom is 0.236 e. The summed E-state index contributed by atoms with van der Waals surface area (Å²) < 4.78 is 9.57. The number of hydrogen-bond acceptors (Lipinski definition) is 3. The molecule has 0 aliphatic heterocycles. The minimum absolute atomic E-state index is 0.534. The van der Waals surface area contributed by atoms with Gasteiger partial charge in [-0.3, -0.25) is 0 Å². The van der Waals surface area contributed by atoms with E-state index in [2.05, 4.69) is 10.2 Å². The van der Waals surface area contributed by atoms with Crippen molar-refractivity contribution in [2.45, 2.75) is 0 Å². The van der Waals surface area contributed by atoms with Crippen molar-refractivity contribution in [3.05, 3.63) is 6.07 Å². The minimum Gasteiger partial charge on any atom is -0.481 e. The summed E-state index contributed by atoms with van der Waals surface area (Å²) in [6, 6.07) is 1.67. The molecule has 0 saturated heterocycles. The molecule has 0 spiro atoms. The van der Waals surface area contributed by atoms with Gasteiger partial charge in [0.15, 0.2) is 0 Å². The first-order chi connectivity index (χ1) is 4.36. The Labute approximate surface area is 52.8 Å². The third kappa shape index (κ3) is 1.13. The normalized spacial score (nSPS) is 9.11. The van der Waals surface area contributed by atoms with Crippen molar-refractivity contribution < 1.29 is 9.47 Å². The Balaban J connectivity index is 2.74. The third-order valence-electron chi connectivity index (χ3n) is 0.960. The zero-order valence-electron chi connectivity index (χ0n) is 5.34. The summed E-state index contributed by atoms with van der Waals surface area (Å²) in [5.41, 5.74) is 0. The van der Waals surface area contributed by atoms with E-state index in [1.165, 1.54) is 0 Å². The average molecular weight is 128 g/mol. The lowest BCUT2D eigenvalue weighted by atomic mass is 10.7. The molecule has 1 heterocycles. The summed E-state index contributed by atoms with van der Waals surface area (Å²) in [6.07, 6.45) is 0. The number of hydrogen-bond donors (Lipinski definition) is 1. The van der Waals surface area contributed by atoms with Gasteiger partial charge in [-0.05, 0) is 0 Å². The van der Waals surface area contributed by atoms with Crippen molar-refractivity contribution >= 4 is 0 Å². The summed E-state index contributed by atoms with van der Waals surface area (Å²) in [5.74, 6) is 1.14. The van der Waals surface area contributed by atoms with E-state index in [0.29, 0.717) is 11.8 Å². The van der Waals surface area contributed by atoms with Crippen molar-refractivity contribution in [3.8, 4) is 11.8 Å². The highest BCUT2D eigenvalue weighted by molar-refractivity contribution is 5.18. The number of nitrogens with one attached hydrogen (secondary N) is 1. The van der Waals surface area contributed by atoms with E-state index in [1.54, 1.807) is 20.3 Å². The van der Waals surface area contributed by atoms with Crippen LogP contribution >= 0.6 is 0 Å². The molecule has 1 aromatic rings. The van der Waals surface area contributed by atoms with Crippen LogP contribution in [0.4, 0.5) is 0 Å². The van der Waals surface area contributed by atoms with Gasteiger partial charge in [0.1, 0.15) is 0 Å². The van der Waals surface area contributed by atoms with Crippen molar-refractivity contribution in [2.24, 2.45) is 0 Å². The van der Waals surface area contributed by atoms with Gasteiger partial charge in [0.05, 0.1) is 20.3 Å². The Bertz CT molecular complexity index is 166. The summed E-state index contributed by atoms with van der Waals surface area (Å²) >= 11 is 0. The Morgan fingerprint density at radius 1 is 1.44 bits per heavy atom. The highest BCUT2D eigenvalue weighted by atomic mass is 16.5. The van der Waals surface area contributed by atoms with Crippen LogP contribution in [-0.4, -0.2) is 24.4 Å². The molecule has 0 bridgehead atoms. The molecule has 0 unspecified atom stereocenters. The summed E-state index contributed by atoms with van der Waals surface area (Å²) in [7, 11) is 3.11. The quantitative estimate of drug-likeness (QED) is 0.628. The molecule has 50 valence electrons. The molecule has 4 nitrogen and oxygen atoms in total. The van der Waals surface area contributed by atoms with Crippen molar-refractivity contribution in [1.82, 2.24) is 10.2 Å². The molecule has 1 N–H and O–H groups in total. The first kappa shape index (κ1) is 5.94. The molecule has 0 aliphatic carbocycles. The van der Waals surface area contributed by atoms with E-state index in [1.807, 2.05) is 0 Å². The van der Waals surface area contributed by atoms with Gasteiger partial charge in [0, 0.05) is 0 Å². The van der Waals surface area contributed by atoms with Gasteiger partial charge >= 0.3 is 0 Å². The molecule has 4 heteroatoms. The number of methoxy groups -OCH3 is 2. The van der Waals surface area contributed by atoms with Gasteiger partial charge in [0.25, 0.3) is 0 Å². The number of aromatic amines is 1. The number of H-pyrrole nitrogens is 1. The minimum atomic E-state index is 0.534. The SMILES string of the molecule is COc1cc(OC)[nH]n1. The van der Waals surface area contributed by atoms with Crippen molar-refractivity contribution in [3.63, 3.8) is 0 Å². The van der Waals surface area contributed by atoms with E-state index in [4.69, 9.17) is 9.47 Å². The fraction of sp³-hybridized carbons (Fsp3) is 0.400. The topological polar surface area (TPSA) is 47.1 Å². The molecule has 1 rings (SSSR count). The van der Waals surface area contributed by atoms with Crippen LogP contribution in [0.3, 0.4) is 0 Å². The van der Waals surface area contributed by atoms with E-state index in [9.17, 15) is 0 Å². The van der Waals surface area contributed by atoms with Crippen molar-refractivity contribution in [1.29, 1.82) is 0 Å². The van der Waals surface area contributed by atoms with Crippen LogP contribution in [0.2, 0.25) is 0 Å². The molecule has 1 aromatic heterocycles. The molecule has 0 radical (unpaired) electrons. The molecule has 0 saturated carbocycles. The first-order valence-electron chi connectivity index (χ1n) is 2.50. The summed E-state index contributed by atoms with van der Waals surface area (Å²) in [5, 5.41) is 6.34. The largest absolute Gasteiger partial charge is 0.481 e. The van der Waals surface area contributed by atoms with E-state index in [0.717, 1.165) is 0 Å². The zero-order valence-corrected chi connectivity index (χ0v) is 5.34. The molecule has 0 atom stereocenters. The summed E-state index contributed by atoms with van der Waals surface area (Å²) in [4.78, 5) is 0. The molecule has 0 aliphatic rings. The Kier molecular flexibility index (Phi) is 1.58. The molecule has 0 amide bonds. The van der Waals surface area contributed by atoms with Crippen LogP contribution < -0.4 is 9.47 Å². The monoisotopic (exact) mass is 128 g/mol. The smallest absolute Gasteiger partial charge is 0.236 e. The average Bonchev–Trinajstić information content (AvgIpc) is 2.34. The van der Waals surface area contributed by atoms with E-state index in [-0.39, 0.29) is 0 Å². The number of aromatic nitrogens is 2. The van der Waals surface area contributed by atoms with Gasteiger partial charge < -0.3 is 9.47 Å². The second kappa shape index (κ2) is 2.39. The second-order valence-corrected chi connectivity index (χ2v) is 1.48. The van der Waals surface area contributed by atoms with Gasteiger partial charge in [-0.1, -0.05) is 0 Å². The van der Waals surface area contributed by atoms with Crippen LogP contribution in [0.25, 0.3) is 0 Å². The first-order valence-corrected chi connectivity index (χ1v) is 2.50. The maximum atomic E-state index is 4.80. The second-order valence-electron chi connectivity index (χ2n) is 1.48. The van der Waals surface area contributed by atoms with Crippen LogP contribution in [0.1, 0.15) is 0 Å². The highest BCUT2D eigenvalue weighted by Crippen LogP contribution is 2.12. The van der Waals surface area contributed by atoms with E-state index >= 15 is 0 Å². The fourth-order valence-corrected chi connectivity index (χ4v) is 0.496. The summed E-state index contributed by atoms with van der Waals surface area (Å²) in [6.45, 7) is 0. The Morgan fingerprint density at radius 3 is 2.56 bits per heavy atom. The Hall–Kier alpha value is -1.19. The van der Waals surface area contributed by atoms with Crippen LogP contribution in [0, 0.1) is 0 Å². The van der Waals surface area contributed by atoms with Gasteiger partial charge in [-0.25, -0.2) is 5.10 Å². The number of ether oxygens (including phenoxy) is 2. The Morgan fingerprint density at radius 2 is 2.22 bits per heavy atom. The van der Waals surface area contributed by atoms with Crippen LogP contribution in [0.5, 0.6) is 11.8 Å². The van der Waals surface area contributed by atoms with E-state index < -0.39 is 0 Å².